The largest absolute Gasteiger partial charge is 0.456 e. The number of hydroxylamine groups is 2. The van der Waals surface area contributed by atoms with Crippen LogP contribution in [-0.4, -0.2) is 26.1 Å². The topological polar surface area (TPSA) is 100 Å². The van der Waals surface area contributed by atoms with Crippen LogP contribution < -0.4 is 10.3 Å². The molecule has 7 heteroatoms. The van der Waals surface area contributed by atoms with Crippen molar-refractivity contribution in [3.8, 4) is 11.3 Å². The van der Waals surface area contributed by atoms with Crippen molar-refractivity contribution in [2.24, 2.45) is 0 Å². The van der Waals surface area contributed by atoms with Crippen molar-refractivity contribution in [2.75, 3.05) is 0 Å². The zero-order chi connectivity index (χ0) is 19.6. The van der Waals surface area contributed by atoms with Gasteiger partial charge in [0, 0.05) is 23.3 Å². The maximum Gasteiger partial charge on any atom is 0.315 e. The summed E-state index contributed by atoms with van der Waals surface area (Å²) in [5.41, 5.74) is 2.08. The smallest absolute Gasteiger partial charge is 0.315 e. The lowest BCUT2D eigenvalue weighted by Crippen LogP contribution is -2.24. The van der Waals surface area contributed by atoms with Crippen molar-refractivity contribution < 1.29 is 25.2 Å². The summed E-state index contributed by atoms with van der Waals surface area (Å²) < 4.78 is 5.90. The van der Waals surface area contributed by atoms with Gasteiger partial charge in [0.05, 0.1) is 11.8 Å². The van der Waals surface area contributed by atoms with Gasteiger partial charge in [-0.25, -0.2) is 10.4 Å². The molecule has 0 aromatic heterocycles. The zero-order valence-corrected chi connectivity index (χ0v) is 15.0. The Morgan fingerprint density at radius 3 is 2.31 bits per heavy atom. The highest BCUT2D eigenvalue weighted by molar-refractivity contribution is 5.76. The van der Waals surface area contributed by atoms with Crippen LogP contribution in [0, 0.1) is 0 Å². The first-order valence-corrected chi connectivity index (χ1v) is 7.86. The first kappa shape index (κ1) is 19.3. The lowest BCUT2D eigenvalue weighted by atomic mass is 9.79. The van der Waals surface area contributed by atoms with Gasteiger partial charge in [0.2, 0.25) is 0 Å². The Morgan fingerprint density at radius 1 is 1.19 bits per heavy atom. The molecule has 0 unspecified atom stereocenters. The summed E-state index contributed by atoms with van der Waals surface area (Å²) in [5.74, 6) is 0.711. The van der Waals surface area contributed by atoms with Gasteiger partial charge in [0.1, 0.15) is 11.5 Å². The van der Waals surface area contributed by atoms with E-state index in [-0.39, 0.29) is 26.6 Å². The number of allylic oxidation sites excluding steroid dienone is 1. The molecule has 26 heavy (non-hydrogen) atoms. The van der Waals surface area contributed by atoms with E-state index in [0.717, 1.165) is 11.1 Å². The first-order chi connectivity index (χ1) is 12.1. The minimum Gasteiger partial charge on any atom is -0.456 e. The van der Waals surface area contributed by atoms with Gasteiger partial charge in [-0.15, -0.1) is 5.23 Å². The molecule has 0 bridgehead atoms. The van der Waals surface area contributed by atoms with Crippen LogP contribution in [-0.2, 0) is 5.41 Å². The molecule has 0 aromatic carbocycles. The third kappa shape index (κ3) is 3.63. The van der Waals surface area contributed by atoms with Crippen LogP contribution in [0.4, 0.5) is 0 Å². The van der Waals surface area contributed by atoms with Crippen LogP contribution in [0.1, 0.15) is 37.7 Å². The number of hydrogen-bond donors (Lipinski definition) is 4. The normalized spacial score (nSPS) is 12.1. The molecule has 0 aromatic rings. The fourth-order valence-corrected chi connectivity index (χ4v) is 2.82. The fourth-order valence-electron chi connectivity index (χ4n) is 2.82. The Balaban J connectivity index is 3.01. The van der Waals surface area contributed by atoms with E-state index in [1.54, 1.807) is 18.2 Å². The highest BCUT2D eigenvalue weighted by atomic mass is 16.8. The number of benzene rings is 1. The summed E-state index contributed by atoms with van der Waals surface area (Å²) in [4.78, 5) is 0.000990. The quantitative estimate of drug-likeness (QED) is 0.379. The Kier molecular flexibility index (Phi) is 5.25. The van der Waals surface area contributed by atoms with Crippen molar-refractivity contribution in [3.05, 3.63) is 65.4 Å². The van der Waals surface area contributed by atoms with Gasteiger partial charge in [-0.05, 0) is 23.1 Å². The SMILES string of the molecule is C=CC(=Cc1oc2cc(=[N+](O)O)ccc-2c(C(C)(C)C)c1C=C)N(O)O. The molecule has 2 rings (SSSR count). The van der Waals surface area contributed by atoms with Crippen LogP contribution in [0.3, 0.4) is 0 Å². The molecule has 0 saturated heterocycles. The molecule has 4 N–H and O–H groups in total. The summed E-state index contributed by atoms with van der Waals surface area (Å²) in [5, 5.41) is 37.2. The molecule has 0 saturated carbocycles. The maximum atomic E-state index is 9.31. The highest BCUT2D eigenvalue weighted by Crippen LogP contribution is 2.39. The predicted molar refractivity (Wildman–Crippen MR) is 96.5 cm³/mol. The lowest BCUT2D eigenvalue weighted by molar-refractivity contribution is -0.274. The standard InChI is InChI=1S/C19H23N2O5/c1-6-12(20(22)23)10-16-14(7-2)18(19(3,4)5)15-9-8-13(21(24)25)11-17(15)26-16/h6-11,22-25H,1-2H2,3-5H3/q+1. The Hall–Kier alpha value is -3.03. The molecule has 2 aliphatic rings. The molecule has 0 amide bonds. The average molecular weight is 359 g/mol. The minimum absolute atomic E-state index is 0.000990. The highest BCUT2D eigenvalue weighted by Gasteiger charge is 2.27. The van der Waals surface area contributed by atoms with Crippen LogP contribution in [0.25, 0.3) is 23.5 Å². The third-order valence-electron chi connectivity index (χ3n) is 3.89. The maximum absolute atomic E-state index is 9.31. The van der Waals surface area contributed by atoms with Crippen LogP contribution >= 0.6 is 0 Å². The number of nitrogens with zero attached hydrogens (tertiary/aromatic N) is 2. The van der Waals surface area contributed by atoms with E-state index in [9.17, 15) is 20.8 Å². The second-order valence-electron chi connectivity index (χ2n) is 6.74. The molecule has 0 radical (unpaired) electrons. The van der Waals surface area contributed by atoms with Crippen molar-refractivity contribution in [1.82, 2.24) is 10.1 Å². The zero-order valence-electron chi connectivity index (χ0n) is 15.0. The van der Waals surface area contributed by atoms with Crippen molar-refractivity contribution >= 4 is 12.2 Å². The number of rotatable bonds is 4. The van der Waals surface area contributed by atoms with E-state index in [0.29, 0.717) is 17.1 Å². The summed E-state index contributed by atoms with van der Waals surface area (Å²) >= 11 is 0. The molecular formula is C19H23N2O5+. The monoisotopic (exact) mass is 359 g/mol. The Morgan fingerprint density at radius 2 is 1.85 bits per heavy atom. The number of hydrogen-bond acceptors (Lipinski definition) is 6. The van der Waals surface area contributed by atoms with Crippen LogP contribution in [0.2, 0.25) is 0 Å². The molecule has 0 atom stereocenters. The predicted octanol–water partition coefficient (Wildman–Crippen LogP) is 3.48. The summed E-state index contributed by atoms with van der Waals surface area (Å²) in [6.07, 6.45) is 4.29. The Labute approximate surface area is 151 Å². The molecule has 1 aliphatic heterocycles. The Bertz CT molecular complexity index is 913. The van der Waals surface area contributed by atoms with E-state index in [1.165, 1.54) is 18.2 Å². The summed E-state index contributed by atoms with van der Waals surface area (Å²) in [6.45, 7) is 13.5. The van der Waals surface area contributed by atoms with Gasteiger partial charge in [0.25, 0.3) is 0 Å². The summed E-state index contributed by atoms with van der Waals surface area (Å²) in [6, 6.07) is 4.75. The van der Waals surface area contributed by atoms with E-state index in [2.05, 4.69) is 13.2 Å². The third-order valence-corrected chi connectivity index (χ3v) is 3.89. The van der Waals surface area contributed by atoms with E-state index in [4.69, 9.17) is 4.42 Å². The van der Waals surface area contributed by atoms with Crippen molar-refractivity contribution in [1.29, 1.82) is 0 Å². The van der Waals surface area contributed by atoms with E-state index < -0.39 is 0 Å². The summed E-state index contributed by atoms with van der Waals surface area (Å²) in [7, 11) is 0. The fraction of sp³-hybridized carbons (Fsp3) is 0.211. The first-order valence-electron chi connectivity index (χ1n) is 7.86. The van der Waals surface area contributed by atoms with Crippen molar-refractivity contribution in [3.63, 3.8) is 0 Å². The van der Waals surface area contributed by atoms with Crippen LogP contribution in [0.5, 0.6) is 0 Å². The number of fused-ring (bicyclic) bond motifs is 1. The molecule has 1 heterocycles. The lowest BCUT2D eigenvalue weighted by Gasteiger charge is -2.27. The molecule has 0 fully saturated rings. The van der Waals surface area contributed by atoms with E-state index in [1.807, 2.05) is 20.8 Å². The van der Waals surface area contributed by atoms with Crippen molar-refractivity contribution in [2.45, 2.75) is 26.2 Å². The molecular weight excluding hydrogens is 336 g/mol. The minimum atomic E-state index is -0.298. The van der Waals surface area contributed by atoms with Gasteiger partial charge >= 0.3 is 5.36 Å². The second-order valence-corrected chi connectivity index (χ2v) is 6.74. The van der Waals surface area contributed by atoms with Gasteiger partial charge in [-0.3, -0.25) is 10.4 Å². The molecule has 138 valence electrons. The van der Waals surface area contributed by atoms with Gasteiger partial charge < -0.3 is 4.42 Å². The van der Waals surface area contributed by atoms with Crippen LogP contribution in [0.15, 0.2) is 47.5 Å². The second kappa shape index (κ2) is 7.07. The molecule has 7 nitrogen and oxygen atoms in total. The van der Waals surface area contributed by atoms with Gasteiger partial charge in [-0.1, -0.05) is 40.0 Å². The average Bonchev–Trinajstić information content (AvgIpc) is 2.56. The van der Waals surface area contributed by atoms with Gasteiger partial charge in [0.15, 0.2) is 4.90 Å². The molecule has 0 spiro atoms. The van der Waals surface area contributed by atoms with E-state index >= 15 is 0 Å². The van der Waals surface area contributed by atoms with Gasteiger partial charge in [-0.2, -0.15) is 0 Å². The molecule has 1 aliphatic carbocycles.